The molecule has 3 aliphatic rings. The SMILES string of the molecule is CNC(=O)C1(NC(=O)C2[C@H]3CCC[C@H]23)CCCC1. The van der Waals surface area contributed by atoms with E-state index in [0.717, 1.165) is 25.7 Å². The maximum absolute atomic E-state index is 12.3. The van der Waals surface area contributed by atoms with Gasteiger partial charge >= 0.3 is 0 Å². The fraction of sp³-hybridized carbons (Fsp3) is 0.857. The lowest BCUT2D eigenvalue weighted by Gasteiger charge is -2.28. The van der Waals surface area contributed by atoms with Crippen molar-refractivity contribution in [3.63, 3.8) is 0 Å². The van der Waals surface area contributed by atoms with E-state index in [1.54, 1.807) is 7.05 Å². The van der Waals surface area contributed by atoms with Gasteiger partial charge in [-0.3, -0.25) is 9.59 Å². The first-order valence-corrected chi connectivity index (χ1v) is 7.22. The van der Waals surface area contributed by atoms with Crippen LogP contribution < -0.4 is 10.6 Å². The molecule has 4 heteroatoms. The number of rotatable bonds is 3. The zero-order chi connectivity index (χ0) is 12.8. The van der Waals surface area contributed by atoms with Crippen molar-refractivity contribution < 1.29 is 9.59 Å². The van der Waals surface area contributed by atoms with E-state index in [2.05, 4.69) is 10.6 Å². The molecule has 3 saturated carbocycles. The zero-order valence-corrected chi connectivity index (χ0v) is 11.0. The van der Waals surface area contributed by atoms with Gasteiger partial charge in [0.2, 0.25) is 11.8 Å². The summed E-state index contributed by atoms with van der Waals surface area (Å²) in [5, 5.41) is 5.79. The normalized spacial score (nSPS) is 35.9. The number of amides is 2. The van der Waals surface area contributed by atoms with E-state index in [9.17, 15) is 9.59 Å². The molecule has 0 bridgehead atoms. The van der Waals surface area contributed by atoms with E-state index in [4.69, 9.17) is 0 Å². The first kappa shape index (κ1) is 12.0. The lowest BCUT2D eigenvalue weighted by molar-refractivity contribution is -0.134. The molecule has 3 rings (SSSR count). The summed E-state index contributed by atoms with van der Waals surface area (Å²) >= 11 is 0. The molecule has 0 spiro atoms. The fourth-order valence-electron chi connectivity index (χ4n) is 4.16. The minimum absolute atomic E-state index is 0.0147. The maximum atomic E-state index is 12.3. The molecule has 4 nitrogen and oxygen atoms in total. The third kappa shape index (κ3) is 1.73. The van der Waals surface area contributed by atoms with Gasteiger partial charge in [-0.25, -0.2) is 0 Å². The second-order valence-corrected chi connectivity index (χ2v) is 6.14. The van der Waals surface area contributed by atoms with Gasteiger partial charge in [-0.05, 0) is 37.5 Å². The van der Waals surface area contributed by atoms with E-state index in [1.165, 1.54) is 19.3 Å². The Labute approximate surface area is 108 Å². The van der Waals surface area contributed by atoms with Crippen LogP contribution in [-0.2, 0) is 9.59 Å². The molecular weight excluding hydrogens is 228 g/mol. The van der Waals surface area contributed by atoms with Gasteiger partial charge in [-0.15, -0.1) is 0 Å². The summed E-state index contributed by atoms with van der Waals surface area (Å²) in [6.45, 7) is 0. The Kier molecular flexibility index (Phi) is 2.83. The van der Waals surface area contributed by atoms with Crippen molar-refractivity contribution in [1.82, 2.24) is 10.6 Å². The van der Waals surface area contributed by atoms with Gasteiger partial charge in [0, 0.05) is 13.0 Å². The monoisotopic (exact) mass is 250 g/mol. The average Bonchev–Trinajstić information content (AvgIpc) is 2.76. The van der Waals surface area contributed by atoms with Gasteiger partial charge in [0.15, 0.2) is 0 Å². The van der Waals surface area contributed by atoms with Crippen LogP contribution >= 0.6 is 0 Å². The van der Waals surface area contributed by atoms with Gasteiger partial charge in [0.25, 0.3) is 0 Å². The van der Waals surface area contributed by atoms with Crippen molar-refractivity contribution in [3.8, 4) is 0 Å². The highest BCUT2D eigenvalue weighted by Gasteiger charge is 2.58. The largest absolute Gasteiger partial charge is 0.357 e. The number of carbonyl (C=O) groups excluding carboxylic acids is 2. The van der Waals surface area contributed by atoms with E-state index in [0.29, 0.717) is 11.8 Å². The molecule has 0 aromatic rings. The van der Waals surface area contributed by atoms with E-state index in [1.807, 2.05) is 0 Å². The van der Waals surface area contributed by atoms with Crippen LogP contribution in [0, 0.1) is 17.8 Å². The van der Waals surface area contributed by atoms with Crippen LogP contribution in [0.25, 0.3) is 0 Å². The number of likely N-dealkylation sites (N-methyl/N-ethyl adjacent to an activating group) is 1. The Bertz CT molecular complexity index is 364. The summed E-state index contributed by atoms with van der Waals surface area (Å²) in [5.41, 5.74) is -0.608. The molecule has 0 unspecified atom stereocenters. The van der Waals surface area contributed by atoms with Crippen LogP contribution in [0.2, 0.25) is 0 Å². The van der Waals surface area contributed by atoms with Crippen molar-refractivity contribution in [2.45, 2.75) is 50.5 Å². The van der Waals surface area contributed by atoms with Crippen molar-refractivity contribution in [3.05, 3.63) is 0 Å². The molecule has 100 valence electrons. The fourth-order valence-corrected chi connectivity index (χ4v) is 4.16. The smallest absolute Gasteiger partial charge is 0.245 e. The summed E-state index contributed by atoms with van der Waals surface area (Å²) in [4.78, 5) is 24.3. The van der Waals surface area contributed by atoms with Crippen LogP contribution in [0.5, 0.6) is 0 Å². The molecule has 2 atom stereocenters. The predicted molar refractivity (Wildman–Crippen MR) is 67.7 cm³/mol. The molecule has 0 aromatic carbocycles. The van der Waals surface area contributed by atoms with Crippen LogP contribution in [0.1, 0.15) is 44.9 Å². The highest BCUT2D eigenvalue weighted by atomic mass is 16.2. The van der Waals surface area contributed by atoms with Crippen molar-refractivity contribution in [2.75, 3.05) is 7.05 Å². The van der Waals surface area contributed by atoms with Crippen LogP contribution in [0.3, 0.4) is 0 Å². The number of fused-ring (bicyclic) bond motifs is 1. The van der Waals surface area contributed by atoms with Crippen LogP contribution in [0.4, 0.5) is 0 Å². The second-order valence-electron chi connectivity index (χ2n) is 6.14. The molecule has 0 radical (unpaired) electrons. The minimum Gasteiger partial charge on any atom is -0.357 e. The average molecular weight is 250 g/mol. The van der Waals surface area contributed by atoms with Gasteiger partial charge in [-0.2, -0.15) is 0 Å². The summed E-state index contributed by atoms with van der Waals surface area (Å²) in [7, 11) is 1.65. The Morgan fingerprint density at radius 3 is 2.22 bits per heavy atom. The maximum Gasteiger partial charge on any atom is 0.245 e. The number of hydrogen-bond donors (Lipinski definition) is 2. The van der Waals surface area contributed by atoms with Crippen molar-refractivity contribution >= 4 is 11.8 Å². The summed E-state index contributed by atoms with van der Waals surface area (Å²) in [6, 6.07) is 0. The third-order valence-electron chi connectivity index (χ3n) is 5.19. The third-order valence-corrected chi connectivity index (χ3v) is 5.19. The number of hydrogen-bond acceptors (Lipinski definition) is 2. The summed E-state index contributed by atoms with van der Waals surface area (Å²) < 4.78 is 0. The molecule has 3 aliphatic carbocycles. The Balaban J connectivity index is 1.66. The van der Waals surface area contributed by atoms with Crippen molar-refractivity contribution in [1.29, 1.82) is 0 Å². The molecule has 18 heavy (non-hydrogen) atoms. The molecule has 2 amide bonds. The molecule has 0 saturated heterocycles. The minimum atomic E-state index is -0.608. The number of nitrogens with one attached hydrogen (secondary N) is 2. The summed E-state index contributed by atoms with van der Waals surface area (Å²) in [6.07, 6.45) is 7.34. The Hall–Kier alpha value is -1.06. The highest BCUT2D eigenvalue weighted by molar-refractivity contribution is 5.93. The zero-order valence-electron chi connectivity index (χ0n) is 11.0. The van der Waals surface area contributed by atoms with Crippen molar-refractivity contribution in [2.24, 2.45) is 17.8 Å². The van der Waals surface area contributed by atoms with Gasteiger partial charge in [0.05, 0.1) is 0 Å². The molecule has 3 fully saturated rings. The second kappa shape index (κ2) is 4.25. The lowest BCUT2D eigenvalue weighted by Crippen LogP contribution is -2.57. The number of carbonyl (C=O) groups is 2. The molecule has 0 aliphatic heterocycles. The van der Waals surface area contributed by atoms with Gasteiger partial charge < -0.3 is 10.6 Å². The van der Waals surface area contributed by atoms with E-state index in [-0.39, 0.29) is 17.7 Å². The van der Waals surface area contributed by atoms with E-state index < -0.39 is 5.54 Å². The lowest BCUT2D eigenvalue weighted by atomic mass is 9.95. The Morgan fingerprint density at radius 1 is 1.06 bits per heavy atom. The topological polar surface area (TPSA) is 58.2 Å². The van der Waals surface area contributed by atoms with Gasteiger partial charge in [0.1, 0.15) is 5.54 Å². The van der Waals surface area contributed by atoms with Crippen LogP contribution in [0.15, 0.2) is 0 Å². The first-order valence-electron chi connectivity index (χ1n) is 7.22. The quantitative estimate of drug-likeness (QED) is 0.791. The highest BCUT2D eigenvalue weighted by Crippen LogP contribution is 2.57. The van der Waals surface area contributed by atoms with Gasteiger partial charge in [-0.1, -0.05) is 19.3 Å². The Morgan fingerprint density at radius 2 is 1.67 bits per heavy atom. The summed E-state index contributed by atoms with van der Waals surface area (Å²) in [5.74, 6) is 1.57. The molecule has 0 aromatic heterocycles. The molecule has 2 N–H and O–H groups in total. The van der Waals surface area contributed by atoms with E-state index >= 15 is 0 Å². The standard InChI is InChI=1S/C14H22N2O2/c1-15-13(18)14(7-2-3-8-14)16-12(17)11-9-5-4-6-10(9)11/h9-11H,2-8H2,1H3,(H,15,18)(H,16,17)/t9-,10-/m0/s1. The molecule has 0 heterocycles. The molecular formula is C14H22N2O2. The predicted octanol–water partition coefficient (Wildman–Crippen LogP) is 1.21. The first-order chi connectivity index (χ1) is 8.68. The van der Waals surface area contributed by atoms with Crippen LogP contribution in [-0.4, -0.2) is 24.4 Å².